The van der Waals surface area contributed by atoms with Gasteiger partial charge in [0.15, 0.2) is 0 Å². The van der Waals surface area contributed by atoms with Gasteiger partial charge in [-0.15, -0.1) is 0 Å². The van der Waals surface area contributed by atoms with E-state index in [1.54, 1.807) is 0 Å². The second-order valence-electron chi connectivity index (χ2n) is 4.97. The summed E-state index contributed by atoms with van der Waals surface area (Å²) in [5.74, 6) is 5.74. The van der Waals surface area contributed by atoms with Crippen molar-refractivity contribution in [3.05, 3.63) is 51.2 Å². The van der Waals surface area contributed by atoms with Gasteiger partial charge >= 0.3 is 0 Å². The van der Waals surface area contributed by atoms with Crippen LogP contribution in [0.5, 0.6) is 0 Å². The first-order valence-corrected chi connectivity index (χ1v) is 7.63. The summed E-state index contributed by atoms with van der Waals surface area (Å²) in [7, 11) is 0. The van der Waals surface area contributed by atoms with Crippen molar-refractivity contribution in [1.29, 1.82) is 0 Å². The third-order valence-corrected chi connectivity index (χ3v) is 4.02. The van der Waals surface area contributed by atoms with Crippen molar-refractivity contribution >= 4 is 27.5 Å². The molecule has 2 aromatic rings. The van der Waals surface area contributed by atoms with Gasteiger partial charge in [-0.1, -0.05) is 23.7 Å². The van der Waals surface area contributed by atoms with Gasteiger partial charge in [0, 0.05) is 11.1 Å². The van der Waals surface area contributed by atoms with E-state index in [1.165, 1.54) is 5.56 Å². The molecule has 108 valence electrons. The van der Waals surface area contributed by atoms with E-state index < -0.39 is 0 Å². The minimum Gasteiger partial charge on any atom is -0.271 e. The standard InChI is InChI=1S/C14H18BrClN4/c1-9(2)20-14(12(15)8-18-20)13(19-17)7-10-3-5-11(16)6-4-10/h3-6,8-9,13,19H,7,17H2,1-2H3. The molecule has 4 nitrogen and oxygen atoms in total. The van der Waals surface area contributed by atoms with Crippen molar-refractivity contribution in [3.63, 3.8) is 0 Å². The maximum absolute atomic E-state index is 5.91. The van der Waals surface area contributed by atoms with Crippen LogP contribution >= 0.6 is 27.5 Å². The Hall–Kier alpha value is -0.880. The fourth-order valence-corrected chi connectivity index (χ4v) is 2.85. The number of nitrogens with two attached hydrogens (primary N) is 1. The monoisotopic (exact) mass is 356 g/mol. The van der Waals surface area contributed by atoms with Crippen LogP contribution in [0.4, 0.5) is 0 Å². The minimum absolute atomic E-state index is 0.0181. The predicted molar refractivity (Wildman–Crippen MR) is 85.5 cm³/mol. The molecule has 0 spiro atoms. The van der Waals surface area contributed by atoms with Gasteiger partial charge in [-0.25, -0.2) is 0 Å². The average Bonchev–Trinajstić information content (AvgIpc) is 2.80. The maximum atomic E-state index is 5.91. The second kappa shape index (κ2) is 6.72. The summed E-state index contributed by atoms with van der Waals surface area (Å²) in [5, 5.41) is 5.13. The predicted octanol–water partition coefficient (Wildman–Crippen LogP) is 3.63. The van der Waals surface area contributed by atoms with Crippen LogP contribution in [0.2, 0.25) is 5.02 Å². The van der Waals surface area contributed by atoms with E-state index in [2.05, 4.69) is 40.3 Å². The first-order valence-electron chi connectivity index (χ1n) is 6.46. The zero-order chi connectivity index (χ0) is 14.7. The molecule has 0 bridgehead atoms. The molecule has 6 heteroatoms. The molecule has 2 rings (SSSR count). The highest BCUT2D eigenvalue weighted by molar-refractivity contribution is 9.10. The van der Waals surface area contributed by atoms with Crippen LogP contribution in [0.25, 0.3) is 0 Å². The molecule has 0 radical (unpaired) electrons. The number of rotatable bonds is 5. The van der Waals surface area contributed by atoms with Crippen molar-refractivity contribution in [1.82, 2.24) is 15.2 Å². The van der Waals surface area contributed by atoms with Crippen molar-refractivity contribution < 1.29 is 0 Å². The molecule has 0 amide bonds. The van der Waals surface area contributed by atoms with Crippen LogP contribution in [-0.4, -0.2) is 9.78 Å². The van der Waals surface area contributed by atoms with E-state index >= 15 is 0 Å². The lowest BCUT2D eigenvalue weighted by molar-refractivity contribution is 0.446. The summed E-state index contributed by atoms with van der Waals surface area (Å²) in [4.78, 5) is 0. The number of nitrogens with one attached hydrogen (secondary N) is 1. The highest BCUT2D eigenvalue weighted by atomic mass is 79.9. The van der Waals surface area contributed by atoms with Gasteiger partial charge in [-0.2, -0.15) is 5.10 Å². The number of hydrogen-bond acceptors (Lipinski definition) is 3. The molecule has 0 saturated carbocycles. The van der Waals surface area contributed by atoms with Crippen LogP contribution in [0.15, 0.2) is 34.9 Å². The lowest BCUT2D eigenvalue weighted by atomic mass is 10.0. The molecule has 20 heavy (non-hydrogen) atoms. The normalized spacial score (nSPS) is 12.9. The summed E-state index contributed by atoms with van der Waals surface area (Å²) < 4.78 is 2.94. The first kappa shape index (κ1) is 15.5. The summed E-state index contributed by atoms with van der Waals surface area (Å²) >= 11 is 9.46. The number of benzene rings is 1. The Kier molecular flexibility index (Phi) is 5.21. The molecule has 1 aromatic carbocycles. The van der Waals surface area contributed by atoms with E-state index in [0.29, 0.717) is 0 Å². The number of hydrogen-bond donors (Lipinski definition) is 2. The number of nitrogens with zero attached hydrogens (tertiary/aromatic N) is 2. The lowest BCUT2D eigenvalue weighted by Crippen LogP contribution is -2.32. The Morgan fingerprint density at radius 3 is 2.55 bits per heavy atom. The van der Waals surface area contributed by atoms with Crippen LogP contribution in [0.3, 0.4) is 0 Å². The van der Waals surface area contributed by atoms with Gasteiger partial charge < -0.3 is 0 Å². The average molecular weight is 358 g/mol. The topological polar surface area (TPSA) is 55.9 Å². The highest BCUT2D eigenvalue weighted by Gasteiger charge is 2.20. The summed E-state index contributed by atoms with van der Waals surface area (Å²) in [5.41, 5.74) is 5.10. The summed E-state index contributed by atoms with van der Waals surface area (Å²) in [6.45, 7) is 4.19. The summed E-state index contributed by atoms with van der Waals surface area (Å²) in [6, 6.07) is 8.05. The Morgan fingerprint density at radius 2 is 2.00 bits per heavy atom. The molecule has 0 aliphatic carbocycles. The van der Waals surface area contributed by atoms with Crippen LogP contribution < -0.4 is 11.3 Å². The van der Waals surface area contributed by atoms with Gasteiger partial charge in [0.1, 0.15) is 0 Å². The van der Waals surface area contributed by atoms with Gasteiger partial charge in [0.25, 0.3) is 0 Å². The molecular formula is C14H18BrClN4. The van der Waals surface area contributed by atoms with Crippen molar-refractivity contribution in [2.45, 2.75) is 32.4 Å². The first-order chi connectivity index (χ1) is 9.52. The van der Waals surface area contributed by atoms with E-state index in [4.69, 9.17) is 17.4 Å². The molecular weight excluding hydrogens is 340 g/mol. The van der Waals surface area contributed by atoms with Crippen molar-refractivity contribution in [2.24, 2.45) is 5.84 Å². The van der Waals surface area contributed by atoms with Gasteiger partial charge in [0.05, 0.1) is 22.4 Å². The van der Waals surface area contributed by atoms with Crippen LogP contribution in [0, 0.1) is 0 Å². The van der Waals surface area contributed by atoms with Gasteiger partial charge in [-0.05, 0) is 53.9 Å². The quantitative estimate of drug-likeness (QED) is 0.634. The SMILES string of the molecule is CC(C)n1ncc(Br)c1C(Cc1ccc(Cl)cc1)NN. The second-order valence-corrected chi connectivity index (χ2v) is 6.26. The molecule has 3 N–H and O–H groups in total. The molecule has 0 fully saturated rings. The Bertz CT molecular complexity index is 565. The van der Waals surface area contributed by atoms with E-state index in [9.17, 15) is 0 Å². The largest absolute Gasteiger partial charge is 0.271 e. The fourth-order valence-electron chi connectivity index (χ4n) is 2.18. The Labute approximate surface area is 132 Å². The fraction of sp³-hybridized carbons (Fsp3) is 0.357. The van der Waals surface area contributed by atoms with Gasteiger partial charge in [-0.3, -0.25) is 16.0 Å². The van der Waals surface area contributed by atoms with E-state index in [0.717, 1.165) is 21.6 Å². The molecule has 0 aliphatic rings. The van der Waals surface area contributed by atoms with Crippen molar-refractivity contribution in [3.8, 4) is 0 Å². The molecule has 1 atom stereocenters. The molecule has 0 saturated heterocycles. The molecule has 1 heterocycles. The third-order valence-electron chi connectivity index (χ3n) is 3.16. The summed E-state index contributed by atoms with van der Waals surface area (Å²) in [6.07, 6.45) is 2.58. The van der Waals surface area contributed by atoms with Crippen LogP contribution in [0.1, 0.15) is 37.2 Å². The van der Waals surface area contributed by atoms with Crippen LogP contribution in [-0.2, 0) is 6.42 Å². The van der Waals surface area contributed by atoms with Crippen molar-refractivity contribution in [2.75, 3.05) is 0 Å². The third kappa shape index (κ3) is 3.41. The van der Waals surface area contributed by atoms with E-state index in [-0.39, 0.29) is 12.1 Å². The highest BCUT2D eigenvalue weighted by Crippen LogP contribution is 2.28. The van der Waals surface area contributed by atoms with E-state index in [1.807, 2.05) is 35.1 Å². The minimum atomic E-state index is -0.0181. The molecule has 1 aromatic heterocycles. The zero-order valence-corrected chi connectivity index (χ0v) is 13.8. The smallest absolute Gasteiger partial charge is 0.0715 e. The number of halogens is 2. The zero-order valence-electron chi connectivity index (χ0n) is 11.5. The Morgan fingerprint density at radius 1 is 1.35 bits per heavy atom. The maximum Gasteiger partial charge on any atom is 0.0715 e. The molecule has 0 aliphatic heterocycles. The lowest BCUT2D eigenvalue weighted by Gasteiger charge is -2.20. The molecule has 1 unspecified atom stereocenters. The number of aromatic nitrogens is 2. The van der Waals surface area contributed by atoms with Gasteiger partial charge in [0.2, 0.25) is 0 Å². The number of hydrazine groups is 1. The Balaban J connectivity index is 2.28.